The van der Waals surface area contributed by atoms with Crippen molar-refractivity contribution in [3.8, 4) is 11.4 Å². The lowest BCUT2D eigenvalue weighted by Gasteiger charge is -2.02. The van der Waals surface area contributed by atoms with Gasteiger partial charge in [-0.15, -0.1) is 14.9 Å². The van der Waals surface area contributed by atoms with Gasteiger partial charge < -0.3 is 10.5 Å². The van der Waals surface area contributed by atoms with Crippen molar-refractivity contribution in [2.75, 3.05) is 10.7 Å². The van der Waals surface area contributed by atoms with Crippen LogP contribution in [0.2, 0.25) is 0 Å². The second-order valence-electron chi connectivity index (χ2n) is 5.10. The van der Waals surface area contributed by atoms with E-state index in [1.807, 2.05) is 30.3 Å². The Labute approximate surface area is 136 Å². The highest BCUT2D eigenvalue weighted by Gasteiger charge is 2.25. The predicted molar refractivity (Wildman–Crippen MR) is 87.9 cm³/mol. The van der Waals surface area contributed by atoms with Crippen LogP contribution in [0, 0.1) is 0 Å². The zero-order valence-electron chi connectivity index (χ0n) is 12.3. The van der Waals surface area contributed by atoms with Crippen molar-refractivity contribution >= 4 is 23.3 Å². The maximum Gasteiger partial charge on any atom is 0.278 e. The van der Waals surface area contributed by atoms with Gasteiger partial charge in [0.25, 0.3) is 11.9 Å². The zero-order chi connectivity index (χ0) is 16.5. The molecule has 2 aromatic carbocycles. The molecule has 0 saturated carbocycles. The van der Waals surface area contributed by atoms with Crippen LogP contribution in [-0.2, 0) is 4.79 Å². The Hall–Kier alpha value is -3.68. The summed E-state index contributed by atoms with van der Waals surface area (Å²) in [6.45, 7) is 0. The Morgan fingerprint density at radius 2 is 1.79 bits per heavy atom. The van der Waals surface area contributed by atoms with Crippen molar-refractivity contribution in [3.63, 3.8) is 0 Å². The summed E-state index contributed by atoms with van der Waals surface area (Å²) in [6.07, 6.45) is 0. The van der Waals surface area contributed by atoms with Gasteiger partial charge in [0.2, 0.25) is 5.82 Å². The molecular weight excluding hydrogens is 308 g/mol. The lowest BCUT2D eigenvalue weighted by molar-refractivity contribution is -0.110. The molecule has 8 heteroatoms. The molecule has 2 heterocycles. The molecule has 0 bridgehead atoms. The highest BCUT2D eigenvalue weighted by Crippen LogP contribution is 2.23. The van der Waals surface area contributed by atoms with Crippen LogP contribution in [-0.4, -0.2) is 31.8 Å². The van der Waals surface area contributed by atoms with Gasteiger partial charge in [0.15, 0.2) is 5.71 Å². The second-order valence-corrected chi connectivity index (χ2v) is 5.10. The lowest BCUT2D eigenvalue weighted by atomic mass is 10.1. The Bertz CT molecular complexity index is 948. The van der Waals surface area contributed by atoms with Crippen LogP contribution >= 0.6 is 0 Å². The normalized spacial score (nSPS) is 14.5. The van der Waals surface area contributed by atoms with Crippen LogP contribution in [0.3, 0.4) is 0 Å². The van der Waals surface area contributed by atoms with Crippen LogP contribution < -0.4 is 10.7 Å². The first-order valence-electron chi connectivity index (χ1n) is 7.18. The fraction of sp³-hybridized carbons (Fsp3) is 0. The highest BCUT2D eigenvalue weighted by molar-refractivity contribution is 6.53. The fourth-order valence-electron chi connectivity index (χ4n) is 2.44. The summed E-state index contributed by atoms with van der Waals surface area (Å²) in [5.74, 6) is -0.0379. The number of para-hydroxylation sites is 1. The lowest BCUT2D eigenvalue weighted by Crippen LogP contribution is -2.16. The van der Waals surface area contributed by atoms with Crippen molar-refractivity contribution in [1.29, 1.82) is 0 Å². The summed E-state index contributed by atoms with van der Waals surface area (Å²) in [4.78, 5) is 12.0. The average molecular weight is 320 g/mol. The Balaban J connectivity index is 1.64. The average Bonchev–Trinajstić information content (AvgIpc) is 3.13. The van der Waals surface area contributed by atoms with Gasteiger partial charge in [0.1, 0.15) is 0 Å². The third-order valence-corrected chi connectivity index (χ3v) is 3.59. The molecule has 0 unspecified atom stereocenters. The minimum absolute atomic E-state index is 0.0125. The van der Waals surface area contributed by atoms with Gasteiger partial charge in [-0.25, -0.2) is 5.43 Å². The van der Waals surface area contributed by atoms with E-state index in [-0.39, 0.29) is 23.4 Å². The number of fused-ring (bicyclic) bond motifs is 1. The minimum atomic E-state index is -0.323. The highest BCUT2D eigenvalue weighted by atomic mass is 16.5. The summed E-state index contributed by atoms with van der Waals surface area (Å²) in [6, 6.07) is 16.3. The van der Waals surface area contributed by atoms with Crippen molar-refractivity contribution in [2.24, 2.45) is 5.10 Å². The van der Waals surface area contributed by atoms with E-state index in [4.69, 9.17) is 0 Å². The molecule has 118 valence electrons. The number of carbonyl (C=O) groups excluding carboxylic acids is 1. The summed E-state index contributed by atoms with van der Waals surface area (Å²) < 4.78 is 0.790. The van der Waals surface area contributed by atoms with E-state index in [2.05, 4.69) is 26.0 Å². The largest absolute Gasteiger partial charge is 0.423 e. The first-order valence-corrected chi connectivity index (χ1v) is 7.18. The molecule has 8 nitrogen and oxygen atoms in total. The number of amides is 1. The van der Waals surface area contributed by atoms with Gasteiger partial charge in [-0.2, -0.15) is 5.10 Å². The molecule has 1 aliphatic rings. The monoisotopic (exact) mass is 320 g/mol. The molecule has 24 heavy (non-hydrogen) atoms. The topological polar surface area (TPSA) is 104 Å². The van der Waals surface area contributed by atoms with Gasteiger partial charge in [0, 0.05) is 11.1 Å². The Morgan fingerprint density at radius 1 is 1.04 bits per heavy atom. The van der Waals surface area contributed by atoms with Crippen molar-refractivity contribution in [2.45, 2.75) is 0 Å². The van der Waals surface area contributed by atoms with Crippen LogP contribution in [0.25, 0.3) is 11.4 Å². The molecular formula is C16H12N6O2. The molecule has 1 aromatic heterocycles. The van der Waals surface area contributed by atoms with Crippen LogP contribution in [0.5, 0.6) is 0 Å². The number of nitrogens with zero attached hydrogens (tertiary/aromatic N) is 4. The maximum atomic E-state index is 12.0. The molecule has 1 amide bonds. The minimum Gasteiger partial charge on any atom is -0.423 e. The third kappa shape index (κ3) is 2.26. The number of nitrogens with one attached hydrogen (secondary N) is 2. The summed E-state index contributed by atoms with van der Waals surface area (Å²) >= 11 is 0. The SMILES string of the molecule is O=C1Nc2ccccc2/C1=N/Nc1nnc(-c2ccccc2)n1O. The molecule has 3 N–H and O–H groups in total. The van der Waals surface area contributed by atoms with E-state index in [1.165, 1.54) is 0 Å². The molecule has 1 aliphatic heterocycles. The number of hydrazone groups is 1. The smallest absolute Gasteiger partial charge is 0.278 e. The zero-order valence-corrected chi connectivity index (χ0v) is 12.3. The first-order chi connectivity index (χ1) is 11.7. The van der Waals surface area contributed by atoms with E-state index in [1.54, 1.807) is 24.3 Å². The summed E-state index contributed by atoms with van der Waals surface area (Å²) in [7, 11) is 0. The van der Waals surface area contributed by atoms with Gasteiger partial charge in [-0.3, -0.25) is 4.79 Å². The summed E-state index contributed by atoms with van der Waals surface area (Å²) in [5.41, 5.74) is 4.88. The van der Waals surface area contributed by atoms with E-state index in [0.717, 1.165) is 4.73 Å². The maximum absolute atomic E-state index is 12.0. The fourth-order valence-corrected chi connectivity index (χ4v) is 2.44. The number of rotatable bonds is 3. The van der Waals surface area contributed by atoms with Gasteiger partial charge in [0.05, 0.1) is 5.69 Å². The van der Waals surface area contributed by atoms with E-state index in [9.17, 15) is 10.0 Å². The second kappa shape index (κ2) is 5.51. The molecule has 3 aromatic rings. The van der Waals surface area contributed by atoms with Crippen LogP contribution in [0.4, 0.5) is 11.6 Å². The number of hydrogen-bond acceptors (Lipinski definition) is 6. The molecule has 4 rings (SSSR count). The molecule has 0 radical (unpaired) electrons. The first kappa shape index (κ1) is 13.9. The van der Waals surface area contributed by atoms with E-state index < -0.39 is 0 Å². The number of carbonyl (C=O) groups is 1. The van der Waals surface area contributed by atoms with Gasteiger partial charge >= 0.3 is 0 Å². The molecule has 0 aliphatic carbocycles. The number of anilines is 2. The standard InChI is InChI=1S/C16H12N6O2/c23-15-13(11-8-4-5-9-12(11)17-15)18-20-16-21-19-14(22(16)24)10-6-2-1-3-7-10/h1-9,24H,(H,20,21)(H,17,18,23). The molecule has 0 saturated heterocycles. The third-order valence-electron chi connectivity index (χ3n) is 3.59. The van der Waals surface area contributed by atoms with E-state index >= 15 is 0 Å². The van der Waals surface area contributed by atoms with Gasteiger partial charge in [-0.05, 0) is 6.07 Å². The van der Waals surface area contributed by atoms with Crippen molar-refractivity contribution in [3.05, 3.63) is 60.2 Å². The molecule has 0 atom stereocenters. The Morgan fingerprint density at radius 3 is 2.62 bits per heavy atom. The van der Waals surface area contributed by atoms with E-state index in [0.29, 0.717) is 16.8 Å². The number of hydrogen-bond donors (Lipinski definition) is 3. The molecule has 0 fully saturated rings. The number of benzene rings is 2. The van der Waals surface area contributed by atoms with Gasteiger partial charge in [-0.1, -0.05) is 48.5 Å². The van der Waals surface area contributed by atoms with Crippen LogP contribution in [0.1, 0.15) is 5.56 Å². The van der Waals surface area contributed by atoms with Crippen molar-refractivity contribution in [1.82, 2.24) is 14.9 Å². The Kier molecular flexibility index (Phi) is 3.20. The van der Waals surface area contributed by atoms with Crippen molar-refractivity contribution < 1.29 is 10.0 Å². The summed E-state index contributed by atoms with van der Waals surface area (Å²) in [5, 5.41) is 24.7. The quantitative estimate of drug-likeness (QED) is 0.505. The van der Waals surface area contributed by atoms with Crippen LogP contribution in [0.15, 0.2) is 59.7 Å². The predicted octanol–water partition coefficient (Wildman–Crippen LogP) is 1.95. The molecule has 0 spiro atoms. The number of aromatic nitrogens is 3.